The highest BCUT2D eigenvalue weighted by atomic mass is 35.5. The second kappa shape index (κ2) is 13.6. The van der Waals surface area contributed by atoms with E-state index >= 15 is 0 Å². The Morgan fingerprint density at radius 1 is 0.854 bits per heavy atom. The van der Waals surface area contributed by atoms with Gasteiger partial charge in [-0.15, -0.1) is 5.10 Å². The molecule has 0 fully saturated rings. The lowest BCUT2D eigenvalue weighted by Crippen LogP contribution is -2.23. The molecule has 9 nitrogen and oxygen atoms in total. The average Bonchev–Trinajstić information content (AvgIpc) is 3.81. The normalized spacial score (nSPS) is 11.9. The summed E-state index contributed by atoms with van der Waals surface area (Å²) in [7, 11) is 3.18. The highest BCUT2D eigenvalue weighted by Gasteiger charge is 2.14. The van der Waals surface area contributed by atoms with Gasteiger partial charge in [0.1, 0.15) is 18.1 Å². The monoisotopic (exact) mass is 673 g/mol. The first-order valence-electron chi connectivity index (χ1n) is 14.9. The Labute approximate surface area is 284 Å². The fourth-order valence-corrected chi connectivity index (χ4v) is 6.11. The van der Waals surface area contributed by atoms with Gasteiger partial charge in [-0.3, -0.25) is 4.79 Å². The number of benzene rings is 4. The Hall–Kier alpha value is -5.71. The summed E-state index contributed by atoms with van der Waals surface area (Å²) in [6.07, 6.45) is 7.38. The molecule has 4 aromatic carbocycles. The largest absolute Gasteiger partial charge is 0.493 e. The zero-order chi connectivity index (χ0) is 33.0. The van der Waals surface area contributed by atoms with Crippen molar-refractivity contribution in [3.05, 3.63) is 146 Å². The van der Waals surface area contributed by atoms with Crippen molar-refractivity contribution in [1.82, 2.24) is 24.4 Å². The van der Waals surface area contributed by atoms with Gasteiger partial charge in [-0.25, -0.2) is 4.68 Å². The number of ether oxygens (including phenoxy) is 3. The van der Waals surface area contributed by atoms with E-state index in [-0.39, 0.29) is 5.56 Å². The topological polar surface area (TPSA) is 92.8 Å². The summed E-state index contributed by atoms with van der Waals surface area (Å²) in [5.74, 6) is 2.42. The molecule has 0 aliphatic heterocycles. The van der Waals surface area contributed by atoms with Crippen molar-refractivity contribution in [2.24, 2.45) is 0 Å². The summed E-state index contributed by atoms with van der Waals surface area (Å²) in [6, 6.07) is 30.7. The van der Waals surface area contributed by atoms with E-state index < -0.39 is 0 Å². The number of nitrogens with zero attached hydrogens (tertiary/aromatic N) is 5. The maximum absolute atomic E-state index is 13.5. The van der Waals surface area contributed by atoms with Gasteiger partial charge in [-0.2, -0.15) is 14.6 Å². The molecule has 0 unspecified atom stereocenters. The molecule has 3 heterocycles. The third kappa shape index (κ3) is 6.57. The second-order valence-electron chi connectivity index (χ2n) is 10.7. The SMILES string of the molecule is COc1ccc(/C=C/c2nc3s/c(=C\c4cn(-c5ccccc5)nc4-c4ccc(OCc5ccc(Cl)cc5)cc4)c(=O)n3n2)cc1OC. The van der Waals surface area contributed by atoms with Gasteiger partial charge in [0.05, 0.1) is 24.4 Å². The first-order chi connectivity index (χ1) is 23.5. The highest BCUT2D eigenvalue weighted by molar-refractivity contribution is 7.15. The third-order valence-corrected chi connectivity index (χ3v) is 8.74. The molecule has 0 atom stereocenters. The van der Waals surface area contributed by atoms with Crippen LogP contribution in [0.15, 0.2) is 108 Å². The minimum Gasteiger partial charge on any atom is -0.493 e. The number of methoxy groups -OCH3 is 2. The van der Waals surface area contributed by atoms with Crippen LogP contribution in [0.4, 0.5) is 0 Å². The minimum atomic E-state index is -0.252. The van der Waals surface area contributed by atoms with Crippen LogP contribution in [0.5, 0.6) is 17.2 Å². The standard InChI is InChI=1S/C37H28ClN5O4S/c1-45-31-18-10-24(20-32(31)46-2)11-19-34-39-37-43(40-34)36(44)33(48-37)21-27-22-42(29-6-4-3-5-7-29)41-35(27)26-12-16-30(17-13-26)47-23-25-8-14-28(38)15-9-25/h3-22H,23H2,1-2H3/b19-11+,33-21-. The van der Waals surface area contributed by atoms with E-state index in [0.29, 0.717) is 38.4 Å². The molecular weight excluding hydrogens is 646 g/mol. The molecule has 3 aromatic heterocycles. The molecule has 7 aromatic rings. The zero-order valence-electron chi connectivity index (χ0n) is 25.9. The Balaban J connectivity index is 1.18. The van der Waals surface area contributed by atoms with E-state index in [2.05, 4.69) is 10.1 Å². The molecule has 0 saturated heterocycles. The molecule has 0 aliphatic carbocycles. The number of thiazole rings is 1. The van der Waals surface area contributed by atoms with Crippen molar-refractivity contribution < 1.29 is 14.2 Å². The average molecular weight is 674 g/mol. The maximum Gasteiger partial charge on any atom is 0.291 e. The van der Waals surface area contributed by atoms with Crippen LogP contribution in [0.1, 0.15) is 22.5 Å². The molecule has 0 amide bonds. The maximum atomic E-state index is 13.5. The quantitative estimate of drug-likeness (QED) is 0.155. The number of para-hydroxylation sites is 1. The molecule has 0 aliphatic rings. The summed E-state index contributed by atoms with van der Waals surface area (Å²) >= 11 is 7.28. The summed E-state index contributed by atoms with van der Waals surface area (Å²) in [5.41, 5.74) is 4.93. The van der Waals surface area contributed by atoms with Gasteiger partial charge in [-0.05, 0) is 83.9 Å². The molecule has 0 spiro atoms. The van der Waals surface area contributed by atoms with E-state index in [1.807, 2.05) is 120 Å². The van der Waals surface area contributed by atoms with E-state index in [9.17, 15) is 4.79 Å². The number of hydrogen-bond acceptors (Lipinski definition) is 8. The van der Waals surface area contributed by atoms with Crippen molar-refractivity contribution in [3.8, 4) is 34.2 Å². The van der Waals surface area contributed by atoms with E-state index in [1.54, 1.807) is 20.3 Å². The van der Waals surface area contributed by atoms with Gasteiger partial charge in [0.15, 0.2) is 17.3 Å². The van der Waals surface area contributed by atoms with Crippen molar-refractivity contribution in [1.29, 1.82) is 0 Å². The predicted molar refractivity (Wildman–Crippen MR) is 189 cm³/mol. The van der Waals surface area contributed by atoms with Crippen molar-refractivity contribution in [2.45, 2.75) is 6.61 Å². The molecule has 0 bridgehead atoms. The number of rotatable bonds is 10. The molecule has 0 saturated carbocycles. The lowest BCUT2D eigenvalue weighted by atomic mass is 10.1. The Kier molecular flexibility index (Phi) is 8.74. The van der Waals surface area contributed by atoms with E-state index in [4.69, 9.17) is 30.9 Å². The lowest BCUT2D eigenvalue weighted by molar-refractivity contribution is 0.306. The summed E-state index contributed by atoms with van der Waals surface area (Å²) < 4.78 is 20.3. The molecule has 238 valence electrons. The predicted octanol–water partition coefficient (Wildman–Crippen LogP) is 6.97. The molecule has 7 rings (SSSR count). The smallest absolute Gasteiger partial charge is 0.291 e. The van der Waals surface area contributed by atoms with Crippen LogP contribution in [0.3, 0.4) is 0 Å². The first kappa shape index (κ1) is 30.9. The van der Waals surface area contributed by atoms with E-state index in [1.165, 1.54) is 15.9 Å². The van der Waals surface area contributed by atoms with Gasteiger partial charge in [0.25, 0.3) is 5.56 Å². The van der Waals surface area contributed by atoms with Crippen LogP contribution < -0.4 is 24.3 Å². The highest BCUT2D eigenvalue weighted by Crippen LogP contribution is 2.29. The van der Waals surface area contributed by atoms with Crippen molar-refractivity contribution in [3.63, 3.8) is 0 Å². The van der Waals surface area contributed by atoms with Crippen molar-refractivity contribution in [2.75, 3.05) is 14.2 Å². The van der Waals surface area contributed by atoms with Crippen LogP contribution in [-0.4, -0.2) is 38.6 Å². The molecule has 11 heteroatoms. The molecule has 0 radical (unpaired) electrons. The minimum absolute atomic E-state index is 0.252. The lowest BCUT2D eigenvalue weighted by Gasteiger charge is -2.07. The Morgan fingerprint density at radius 2 is 1.62 bits per heavy atom. The van der Waals surface area contributed by atoms with Crippen LogP contribution in [-0.2, 0) is 6.61 Å². The summed E-state index contributed by atoms with van der Waals surface area (Å²) in [5, 5.41) is 10.0. The van der Waals surface area contributed by atoms with Gasteiger partial charge in [0.2, 0.25) is 4.96 Å². The fraction of sp³-hybridized carbons (Fsp3) is 0.0811. The Bertz CT molecular complexity index is 2350. The van der Waals surface area contributed by atoms with Gasteiger partial charge < -0.3 is 14.2 Å². The number of hydrogen-bond donors (Lipinski definition) is 0. The summed E-state index contributed by atoms with van der Waals surface area (Å²) in [6.45, 7) is 0.423. The van der Waals surface area contributed by atoms with Gasteiger partial charge in [0, 0.05) is 22.3 Å². The second-order valence-corrected chi connectivity index (χ2v) is 12.1. The van der Waals surface area contributed by atoms with Crippen LogP contribution >= 0.6 is 22.9 Å². The van der Waals surface area contributed by atoms with Crippen molar-refractivity contribution >= 4 is 46.1 Å². The Morgan fingerprint density at radius 3 is 2.35 bits per heavy atom. The van der Waals surface area contributed by atoms with E-state index in [0.717, 1.165) is 39.4 Å². The number of aromatic nitrogens is 5. The summed E-state index contributed by atoms with van der Waals surface area (Å²) in [4.78, 5) is 18.6. The van der Waals surface area contributed by atoms with Gasteiger partial charge >= 0.3 is 0 Å². The van der Waals surface area contributed by atoms with Crippen LogP contribution in [0.2, 0.25) is 5.02 Å². The number of fused-ring (bicyclic) bond motifs is 1. The molecule has 48 heavy (non-hydrogen) atoms. The molecular formula is C37H28ClN5O4S. The van der Waals surface area contributed by atoms with Gasteiger partial charge in [-0.1, -0.05) is 65.4 Å². The first-order valence-corrected chi connectivity index (χ1v) is 16.1. The third-order valence-electron chi connectivity index (χ3n) is 7.53. The van der Waals surface area contributed by atoms with Crippen LogP contribution in [0, 0.1) is 0 Å². The zero-order valence-corrected chi connectivity index (χ0v) is 27.5. The van der Waals surface area contributed by atoms with Crippen LogP contribution in [0.25, 0.3) is 40.1 Å². The fourth-order valence-electron chi connectivity index (χ4n) is 5.07. The number of halogens is 1. The molecule has 0 N–H and O–H groups in total.